The maximum atomic E-state index is 12.9. The number of hydrogen-bond donors (Lipinski definition) is 2. The van der Waals surface area contributed by atoms with Crippen LogP contribution in [0.2, 0.25) is 0 Å². The molecule has 0 aliphatic rings. The van der Waals surface area contributed by atoms with Gasteiger partial charge in [-0.1, -0.05) is 6.07 Å². The van der Waals surface area contributed by atoms with Crippen molar-refractivity contribution >= 4 is 17.7 Å². The van der Waals surface area contributed by atoms with Gasteiger partial charge in [-0.3, -0.25) is 10.1 Å². The molecule has 0 aliphatic heterocycles. The summed E-state index contributed by atoms with van der Waals surface area (Å²) < 4.78 is 49.1. The molecule has 2 N–H and O–H groups in total. The van der Waals surface area contributed by atoms with Crippen LogP contribution in [0.5, 0.6) is 11.5 Å². The number of alkyl carbamates (subject to hydrolysis) is 1. The Morgan fingerprint density at radius 3 is 2.30 bits per heavy atom. The van der Waals surface area contributed by atoms with E-state index >= 15 is 0 Å². The zero-order valence-corrected chi connectivity index (χ0v) is 17.8. The minimum Gasteiger partial charge on any atom is -0.480 e. The van der Waals surface area contributed by atoms with Crippen LogP contribution >= 0.6 is 0 Å². The summed E-state index contributed by atoms with van der Waals surface area (Å²) in [6.07, 6.45) is -6.14. The molecule has 2 rings (SSSR count). The molecule has 0 aliphatic carbocycles. The number of amides is 1. The van der Waals surface area contributed by atoms with Gasteiger partial charge in [-0.15, -0.1) is 0 Å². The third-order valence-corrected chi connectivity index (χ3v) is 4.06. The molecule has 0 saturated carbocycles. The van der Waals surface area contributed by atoms with Crippen LogP contribution in [0.4, 0.5) is 23.7 Å². The number of alkyl halides is 3. The minimum absolute atomic E-state index is 0.0590. The number of carboxylic acid groups (broad SMARTS) is 1. The molecule has 0 fully saturated rings. The normalized spacial score (nSPS) is 12.5. The number of hydrogen-bond acceptors (Lipinski definition) is 6. The average Bonchev–Trinajstić information content (AvgIpc) is 2.65. The lowest BCUT2D eigenvalue weighted by Crippen LogP contribution is -2.44. The minimum atomic E-state index is -4.60. The van der Waals surface area contributed by atoms with Crippen LogP contribution in [0.1, 0.15) is 31.9 Å². The summed E-state index contributed by atoms with van der Waals surface area (Å²) in [5.41, 5.74) is -2.43. The van der Waals surface area contributed by atoms with Gasteiger partial charge in [0.25, 0.3) is 5.69 Å². The quantitative estimate of drug-likeness (QED) is 0.434. The lowest BCUT2D eigenvalue weighted by atomic mass is 10.0. The number of carboxylic acids is 1. The van der Waals surface area contributed by atoms with Gasteiger partial charge in [0.15, 0.2) is 0 Å². The fourth-order valence-electron chi connectivity index (χ4n) is 2.71. The summed E-state index contributed by atoms with van der Waals surface area (Å²) in [4.78, 5) is 34.2. The van der Waals surface area contributed by atoms with Crippen molar-refractivity contribution < 1.29 is 42.3 Å². The van der Waals surface area contributed by atoms with Crippen LogP contribution in [0.15, 0.2) is 42.5 Å². The molecular formula is C21H21F3N2O7. The van der Waals surface area contributed by atoms with Gasteiger partial charge < -0.3 is 19.9 Å². The number of aliphatic carboxylic acids is 1. The highest BCUT2D eigenvalue weighted by atomic mass is 19.4. The second-order valence-corrected chi connectivity index (χ2v) is 7.92. The number of nitrogens with one attached hydrogen (secondary N) is 1. The van der Waals surface area contributed by atoms with Crippen LogP contribution in [-0.2, 0) is 22.1 Å². The molecule has 0 unspecified atom stereocenters. The number of halogens is 3. The summed E-state index contributed by atoms with van der Waals surface area (Å²) in [5, 5.41) is 23.0. The van der Waals surface area contributed by atoms with E-state index in [4.69, 9.17) is 9.47 Å². The van der Waals surface area contributed by atoms with Gasteiger partial charge >= 0.3 is 18.2 Å². The molecule has 2 aromatic carbocycles. The Balaban J connectivity index is 2.32. The summed E-state index contributed by atoms with van der Waals surface area (Å²) >= 11 is 0. The Morgan fingerprint density at radius 2 is 1.76 bits per heavy atom. The van der Waals surface area contributed by atoms with E-state index in [2.05, 4.69) is 5.32 Å². The molecule has 0 radical (unpaired) electrons. The number of carbonyl (C=O) groups excluding carboxylic acids is 1. The molecule has 0 aromatic heterocycles. The topological polar surface area (TPSA) is 128 Å². The first-order valence-corrected chi connectivity index (χ1v) is 9.50. The number of benzene rings is 2. The van der Waals surface area contributed by atoms with E-state index in [1.807, 2.05) is 0 Å². The van der Waals surface area contributed by atoms with E-state index in [9.17, 15) is 38.0 Å². The molecule has 2 aromatic rings. The first-order valence-electron chi connectivity index (χ1n) is 9.50. The monoisotopic (exact) mass is 470 g/mol. The lowest BCUT2D eigenvalue weighted by Gasteiger charge is -2.22. The fourth-order valence-corrected chi connectivity index (χ4v) is 2.71. The Bertz CT molecular complexity index is 1050. The Hall–Kier alpha value is -3.83. The number of carbonyl (C=O) groups is 2. The molecule has 0 saturated heterocycles. The predicted molar refractivity (Wildman–Crippen MR) is 109 cm³/mol. The van der Waals surface area contributed by atoms with E-state index < -0.39 is 52.5 Å². The Morgan fingerprint density at radius 1 is 1.12 bits per heavy atom. The summed E-state index contributed by atoms with van der Waals surface area (Å²) in [6, 6.07) is 5.76. The van der Waals surface area contributed by atoms with Crippen molar-refractivity contribution in [3.05, 3.63) is 63.7 Å². The van der Waals surface area contributed by atoms with Crippen LogP contribution in [0, 0.1) is 10.1 Å². The van der Waals surface area contributed by atoms with Crippen molar-refractivity contribution in [1.82, 2.24) is 5.32 Å². The SMILES string of the molecule is CC(C)(C)OC(=O)N[C@@H](Cc1cc(Oc2cccc(C(F)(F)F)c2)ccc1[N+](=O)[O-])C(=O)O. The fraction of sp³-hybridized carbons (Fsp3) is 0.333. The smallest absolute Gasteiger partial charge is 0.416 e. The lowest BCUT2D eigenvalue weighted by molar-refractivity contribution is -0.385. The molecule has 178 valence electrons. The summed E-state index contributed by atoms with van der Waals surface area (Å²) in [7, 11) is 0. The Labute approximate surface area is 186 Å². The van der Waals surface area contributed by atoms with E-state index in [-0.39, 0.29) is 17.1 Å². The molecule has 0 heterocycles. The maximum absolute atomic E-state index is 12.9. The highest BCUT2D eigenvalue weighted by Crippen LogP contribution is 2.34. The van der Waals surface area contributed by atoms with Gasteiger partial charge in [0.05, 0.1) is 10.5 Å². The molecule has 33 heavy (non-hydrogen) atoms. The van der Waals surface area contributed by atoms with Crippen molar-refractivity contribution in [2.24, 2.45) is 0 Å². The van der Waals surface area contributed by atoms with E-state index in [1.54, 1.807) is 20.8 Å². The Kier molecular flexibility index (Phi) is 7.52. The third-order valence-electron chi connectivity index (χ3n) is 4.06. The van der Waals surface area contributed by atoms with Crippen LogP contribution in [0.25, 0.3) is 0 Å². The van der Waals surface area contributed by atoms with Gasteiger partial charge in [0, 0.05) is 18.1 Å². The molecule has 1 atom stereocenters. The van der Waals surface area contributed by atoms with Crippen molar-refractivity contribution in [2.45, 2.75) is 45.0 Å². The first kappa shape index (κ1) is 25.4. The number of ether oxygens (including phenoxy) is 2. The third kappa shape index (κ3) is 7.66. The zero-order valence-electron chi connectivity index (χ0n) is 17.8. The molecule has 1 amide bonds. The second kappa shape index (κ2) is 9.76. The van der Waals surface area contributed by atoms with Crippen molar-refractivity contribution in [3.63, 3.8) is 0 Å². The maximum Gasteiger partial charge on any atom is 0.416 e. The highest BCUT2D eigenvalue weighted by Gasteiger charge is 2.31. The van der Waals surface area contributed by atoms with Crippen molar-refractivity contribution in [1.29, 1.82) is 0 Å². The van der Waals surface area contributed by atoms with Gasteiger partial charge in [0.1, 0.15) is 23.1 Å². The van der Waals surface area contributed by atoms with Crippen LogP contribution in [0.3, 0.4) is 0 Å². The van der Waals surface area contributed by atoms with Crippen molar-refractivity contribution in [3.8, 4) is 11.5 Å². The molecule has 12 heteroatoms. The van der Waals surface area contributed by atoms with Gasteiger partial charge in [0.2, 0.25) is 0 Å². The summed E-state index contributed by atoms with van der Waals surface area (Å²) in [6.45, 7) is 4.71. The number of rotatable bonds is 7. The largest absolute Gasteiger partial charge is 0.480 e. The number of nitrogens with zero attached hydrogens (tertiary/aromatic N) is 1. The second-order valence-electron chi connectivity index (χ2n) is 7.92. The highest BCUT2D eigenvalue weighted by molar-refractivity contribution is 5.80. The van der Waals surface area contributed by atoms with Crippen LogP contribution in [-0.4, -0.2) is 33.7 Å². The van der Waals surface area contributed by atoms with E-state index in [1.165, 1.54) is 12.1 Å². The van der Waals surface area contributed by atoms with E-state index in [0.717, 1.165) is 30.3 Å². The average molecular weight is 470 g/mol. The molecule has 9 nitrogen and oxygen atoms in total. The standard InChI is InChI=1S/C21H21F3N2O7/c1-20(2,3)33-19(29)25-16(18(27)28)10-12-9-15(7-8-17(12)26(30)31)32-14-6-4-5-13(11-14)21(22,23)24/h4-9,11,16H,10H2,1-3H3,(H,25,29)(H,27,28)/t16-/m0/s1. The summed E-state index contributed by atoms with van der Waals surface area (Å²) in [5.74, 6) is -1.71. The predicted octanol–water partition coefficient (Wildman–Crippen LogP) is 4.93. The molecule has 0 bridgehead atoms. The van der Waals surface area contributed by atoms with Gasteiger partial charge in [-0.25, -0.2) is 9.59 Å². The van der Waals surface area contributed by atoms with Crippen molar-refractivity contribution in [2.75, 3.05) is 0 Å². The number of nitro groups is 1. The van der Waals surface area contributed by atoms with Gasteiger partial charge in [-0.2, -0.15) is 13.2 Å². The number of nitro benzene ring substituents is 1. The molecule has 0 spiro atoms. The van der Waals surface area contributed by atoms with E-state index in [0.29, 0.717) is 0 Å². The first-order chi connectivity index (χ1) is 15.2. The van der Waals surface area contributed by atoms with Crippen LogP contribution < -0.4 is 10.1 Å². The zero-order chi connectivity index (χ0) is 25.0. The van der Waals surface area contributed by atoms with Gasteiger partial charge in [-0.05, 0) is 51.1 Å². The molecular weight excluding hydrogens is 449 g/mol.